The number of amides is 2. The molecule has 7 heteroatoms. The van der Waals surface area contributed by atoms with E-state index in [1.807, 2.05) is 32.9 Å². The van der Waals surface area contributed by atoms with Gasteiger partial charge in [-0.25, -0.2) is 4.79 Å². The summed E-state index contributed by atoms with van der Waals surface area (Å²) in [6.45, 7) is 6.53. The van der Waals surface area contributed by atoms with Crippen LogP contribution in [0.5, 0.6) is 0 Å². The van der Waals surface area contributed by atoms with Crippen molar-refractivity contribution in [1.82, 2.24) is 15.2 Å². The van der Waals surface area contributed by atoms with Gasteiger partial charge in [0.25, 0.3) is 0 Å². The maximum atomic E-state index is 11.9. The lowest BCUT2D eigenvalue weighted by Crippen LogP contribution is -2.61. The van der Waals surface area contributed by atoms with Crippen LogP contribution in [-0.2, 0) is 15.3 Å². The van der Waals surface area contributed by atoms with Crippen molar-refractivity contribution in [2.45, 2.75) is 38.2 Å². The van der Waals surface area contributed by atoms with E-state index in [4.69, 9.17) is 4.74 Å². The second-order valence-electron chi connectivity index (χ2n) is 6.50. The summed E-state index contributed by atoms with van der Waals surface area (Å²) in [5.41, 5.74) is 0.610. The first-order valence-corrected chi connectivity index (χ1v) is 8.73. The van der Waals surface area contributed by atoms with Gasteiger partial charge in [0.15, 0.2) is 0 Å². The Morgan fingerprint density at radius 1 is 1.43 bits per heavy atom. The van der Waals surface area contributed by atoms with Crippen LogP contribution in [0.1, 0.15) is 26.3 Å². The van der Waals surface area contributed by atoms with Crippen LogP contribution in [-0.4, -0.2) is 52.4 Å². The van der Waals surface area contributed by atoms with Crippen LogP contribution >= 0.6 is 11.8 Å². The molecule has 23 heavy (non-hydrogen) atoms. The highest BCUT2D eigenvalue weighted by molar-refractivity contribution is 7.99. The number of aromatic nitrogens is 1. The molecule has 0 bridgehead atoms. The van der Waals surface area contributed by atoms with Crippen molar-refractivity contribution in [3.8, 4) is 0 Å². The predicted octanol–water partition coefficient (Wildman–Crippen LogP) is 2.05. The topological polar surface area (TPSA) is 71.5 Å². The number of rotatable bonds is 5. The van der Waals surface area contributed by atoms with E-state index in [9.17, 15) is 9.59 Å². The molecule has 0 aliphatic carbocycles. The fourth-order valence-corrected chi connectivity index (χ4v) is 2.84. The molecule has 2 heterocycles. The molecule has 0 atom stereocenters. The van der Waals surface area contributed by atoms with E-state index >= 15 is 0 Å². The first-order valence-electron chi connectivity index (χ1n) is 7.57. The smallest absolute Gasteiger partial charge is 0.410 e. The predicted molar refractivity (Wildman–Crippen MR) is 90.1 cm³/mol. The highest BCUT2D eigenvalue weighted by atomic mass is 32.2. The summed E-state index contributed by atoms with van der Waals surface area (Å²) in [6.07, 6.45) is 3.21. The molecule has 1 aliphatic rings. The minimum Gasteiger partial charge on any atom is -0.444 e. The number of nitrogens with zero attached hydrogens (tertiary/aromatic N) is 2. The van der Waals surface area contributed by atoms with Crippen molar-refractivity contribution in [3.63, 3.8) is 0 Å². The summed E-state index contributed by atoms with van der Waals surface area (Å²) in [5, 5.41) is 2.93. The monoisotopic (exact) mass is 337 g/mol. The largest absolute Gasteiger partial charge is 0.444 e. The molecule has 1 aromatic heterocycles. The number of pyridine rings is 1. The van der Waals surface area contributed by atoms with Crippen LogP contribution in [0.4, 0.5) is 4.79 Å². The summed E-state index contributed by atoms with van der Waals surface area (Å²) >= 11 is 1.55. The molecular weight excluding hydrogens is 314 g/mol. The highest BCUT2D eigenvalue weighted by Crippen LogP contribution is 2.16. The fraction of sp³-hybridized carbons (Fsp3) is 0.562. The van der Waals surface area contributed by atoms with Gasteiger partial charge >= 0.3 is 6.09 Å². The van der Waals surface area contributed by atoms with Crippen molar-refractivity contribution < 1.29 is 14.3 Å². The maximum absolute atomic E-state index is 11.9. The number of carbonyl (C=O) groups is 2. The minimum absolute atomic E-state index is 0.00673. The Kier molecular flexibility index (Phi) is 5.87. The molecule has 0 saturated carbocycles. The van der Waals surface area contributed by atoms with E-state index in [2.05, 4.69) is 10.3 Å². The van der Waals surface area contributed by atoms with Gasteiger partial charge in [-0.1, -0.05) is 6.07 Å². The Balaban J connectivity index is 1.60. The van der Waals surface area contributed by atoms with Gasteiger partial charge in [0, 0.05) is 31.2 Å². The standard InChI is InChI=1S/C16H23N3O3S/c1-16(2,3)22-15(21)19-8-13(9-19)18-14(20)11-23-10-12-5-4-6-17-7-12/h4-7,13H,8-11H2,1-3H3,(H,18,20). The zero-order chi connectivity index (χ0) is 16.9. The second kappa shape index (κ2) is 7.68. The number of likely N-dealkylation sites (tertiary alicyclic amines) is 1. The van der Waals surface area contributed by atoms with Crippen LogP contribution in [0.25, 0.3) is 0 Å². The van der Waals surface area contributed by atoms with E-state index in [-0.39, 0.29) is 18.0 Å². The Morgan fingerprint density at radius 2 is 2.17 bits per heavy atom. The zero-order valence-electron chi connectivity index (χ0n) is 13.7. The number of carbonyl (C=O) groups excluding carboxylic acids is 2. The SMILES string of the molecule is CC(C)(C)OC(=O)N1CC(NC(=O)CSCc2cccnc2)C1. The molecule has 2 amide bonds. The summed E-state index contributed by atoms with van der Waals surface area (Å²) in [7, 11) is 0. The minimum atomic E-state index is -0.492. The Morgan fingerprint density at radius 3 is 2.78 bits per heavy atom. The first kappa shape index (κ1) is 17.6. The van der Waals surface area contributed by atoms with Gasteiger partial charge in [-0.3, -0.25) is 9.78 Å². The van der Waals surface area contributed by atoms with Crippen molar-refractivity contribution >= 4 is 23.8 Å². The van der Waals surface area contributed by atoms with Crippen LogP contribution in [0.2, 0.25) is 0 Å². The number of ether oxygens (including phenoxy) is 1. The molecule has 1 fully saturated rings. The summed E-state index contributed by atoms with van der Waals surface area (Å²) in [4.78, 5) is 29.3. The third-order valence-corrected chi connectivity index (χ3v) is 4.13. The number of hydrogen-bond donors (Lipinski definition) is 1. The van der Waals surface area contributed by atoms with E-state index in [1.54, 1.807) is 29.1 Å². The molecule has 126 valence electrons. The summed E-state index contributed by atoms with van der Waals surface area (Å²) in [5.74, 6) is 1.15. The van der Waals surface area contributed by atoms with Crippen LogP contribution in [0.15, 0.2) is 24.5 Å². The second-order valence-corrected chi connectivity index (χ2v) is 7.49. The molecule has 1 saturated heterocycles. The van der Waals surface area contributed by atoms with Crippen molar-refractivity contribution in [3.05, 3.63) is 30.1 Å². The Labute approximate surface area is 141 Å². The van der Waals surface area contributed by atoms with Crippen molar-refractivity contribution in [2.75, 3.05) is 18.8 Å². The van der Waals surface area contributed by atoms with Crippen LogP contribution in [0.3, 0.4) is 0 Å². The Bertz CT molecular complexity index is 539. The van der Waals surface area contributed by atoms with Gasteiger partial charge < -0.3 is 15.0 Å². The first-order chi connectivity index (χ1) is 10.8. The molecule has 1 N–H and O–H groups in total. The number of hydrogen-bond acceptors (Lipinski definition) is 5. The molecule has 1 aliphatic heterocycles. The van der Waals surface area contributed by atoms with E-state index in [1.165, 1.54) is 0 Å². The maximum Gasteiger partial charge on any atom is 0.410 e. The van der Waals surface area contributed by atoms with Gasteiger partial charge in [-0.15, -0.1) is 11.8 Å². The summed E-state index contributed by atoms with van der Waals surface area (Å²) in [6, 6.07) is 3.90. The molecular formula is C16H23N3O3S. The molecule has 1 aromatic rings. The van der Waals surface area contributed by atoms with Crippen LogP contribution in [0, 0.1) is 0 Å². The number of nitrogens with one attached hydrogen (secondary N) is 1. The Hall–Kier alpha value is -1.76. The normalized spacial score (nSPS) is 15.0. The van der Waals surface area contributed by atoms with Crippen molar-refractivity contribution in [2.24, 2.45) is 0 Å². The van der Waals surface area contributed by atoms with Gasteiger partial charge in [-0.05, 0) is 32.4 Å². The molecule has 6 nitrogen and oxygen atoms in total. The van der Waals surface area contributed by atoms with E-state index in [0.29, 0.717) is 18.8 Å². The average Bonchev–Trinajstić information content (AvgIpc) is 2.41. The third-order valence-electron chi connectivity index (χ3n) is 3.12. The number of thioether (sulfide) groups is 1. The van der Waals surface area contributed by atoms with Crippen molar-refractivity contribution in [1.29, 1.82) is 0 Å². The third kappa shape index (κ3) is 6.09. The van der Waals surface area contributed by atoms with Gasteiger partial charge in [0.1, 0.15) is 5.60 Å². The van der Waals surface area contributed by atoms with Gasteiger partial charge in [0.05, 0.1) is 11.8 Å². The fourth-order valence-electron chi connectivity index (χ4n) is 2.06. The molecule has 0 unspecified atom stereocenters. The molecule has 0 spiro atoms. The lowest BCUT2D eigenvalue weighted by Gasteiger charge is -2.39. The molecule has 0 radical (unpaired) electrons. The lowest BCUT2D eigenvalue weighted by atomic mass is 10.1. The summed E-state index contributed by atoms with van der Waals surface area (Å²) < 4.78 is 5.27. The van der Waals surface area contributed by atoms with E-state index < -0.39 is 5.60 Å². The highest BCUT2D eigenvalue weighted by Gasteiger charge is 2.34. The van der Waals surface area contributed by atoms with Gasteiger partial charge in [0.2, 0.25) is 5.91 Å². The van der Waals surface area contributed by atoms with E-state index in [0.717, 1.165) is 11.3 Å². The van der Waals surface area contributed by atoms with Crippen LogP contribution < -0.4 is 5.32 Å². The van der Waals surface area contributed by atoms with Gasteiger partial charge in [-0.2, -0.15) is 0 Å². The zero-order valence-corrected chi connectivity index (χ0v) is 14.6. The molecule has 2 rings (SSSR count). The molecule has 0 aromatic carbocycles. The lowest BCUT2D eigenvalue weighted by molar-refractivity contribution is -0.120. The average molecular weight is 337 g/mol. The quantitative estimate of drug-likeness (QED) is 0.890.